The summed E-state index contributed by atoms with van der Waals surface area (Å²) in [6.07, 6.45) is 2.37. The van der Waals surface area contributed by atoms with Gasteiger partial charge in [0.2, 0.25) is 0 Å². The second kappa shape index (κ2) is 7.30. The van der Waals surface area contributed by atoms with E-state index in [0.29, 0.717) is 12.0 Å². The molecular formula is C17H24F3N. The Kier molecular flexibility index (Phi) is 5.68. The lowest BCUT2D eigenvalue weighted by atomic mass is 9.88. The lowest BCUT2D eigenvalue weighted by molar-refractivity contribution is -0.137. The Hall–Kier alpha value is -1.03. The summed E-state index contributed by atoms with van der Waals surface area (Å²) in [5, 5.41) is 3.52. The quantitative estimate of drug-likeness (QED) is 0.787. The van der Waals surface area contributed by atoms with E-state index in [2.05, 4.69) is 12.2 Å². The van der Waals surface area contributed by atoms with E-state index in [9.17, 15) is 13.2 Å². The van der Waals surface area contributed by atoms with E-state index in [1.165, 1.54) is 31.4 Å². The van der Waals surface area contributed by atoms with Crippen LogP contribution in [0, 0.1) is 5.92 Å². The zero-order valence-corrected chi connectivity index (χ0v) is 12.5. The summed E-state index contributed by atoms with van der Waals surface area (Å²) in [6.45, 7) is 3.01. The van der Waals surface area contributed by atoms with Crippen molar-refractivity contribution in [3.8, 4) is 0 Å². The predicted octanol–water partition coefficient (Wildman–Crippen LogP) is 4.81. The van der Waals surface area contributed by atoms with E-state index >= 15 is 0 Å². The van der Waals surface area contributed by atoms with Gasteiger partial charge in [-0.25, -0.2) is 0 Å². The monoisotopic (exact) mass is 299 g/mol. The van der Waals surface area contributed by atoms with Gasteiger partial charge >= 0.3 is 6.18 Å². The first-order valence-corrected chi connectivity index (χ1v) is 7.90. The number of rotatable bonds is 4. The SMILES string of the molecule is CCNC1CCCCCC1Cc1cccc(C(F)(F)F)c1. The molecule has 1 nitrogen and oxygen atoms in total. The number of hydrogen-bond acceptors (Lipinski definition) is 1. The predicted molar refractivity (Wildman–Crippen MR) is 79.2 cm³/mol. The molecule has 1 saturated carbocycles. The lowest BCUT2D eigenvalue weighted by Crippen LogP contribution is -2.36. The number of hydrogen-bond donors (Lipinski definition) is 1. The summed E-state index contributed by atoms with van der Waals surface area (Å²) in [5.41, 5.74) is 0.272. The van der Waals surface area contributed by atoms with Gasteiger partial charge in [0.05, 0.1) is 5.56 Å². The molecule has 0 amide bonds. The minimum Gasteiger partial charge on any atom is -0.314 e. The highest BCUT2D eigenvalue weighted by Crippen LogP contribution is 2.31. The largest absolute Gasteiger partial charge is 0.416 e. The zero-order valence-electron chi connectivity index (χ0n) is 12.5. The summed E-state index contributed by atoms with van der Waals surface area (Å²) < 4.78 is 38.4. The van der Waals surface area contributed by atoms with Gasteiger partial charge in [-0.15, -0.1) is 0 Å². The molecule has 0 aromatic heterocycles. The van der Waals surface area contributed by atoms with Crippen LogP contribution in [0.15, 0.2) is 24.3 Å². The van der Waals surface area contributed by atoms with Crippen molar-refractivity contribution in [2.24, 2.45) is 5.92 Å². The van der Waals surface area contributed by atoms with Gasteiger partial charge in [-0.3, -0.25) is 0 Å². The first-order chi connectivity index (χ1) is 10.0. The van der Waals surface area contributed by atoms with Crippen molar-refractivity contribution in [1.82, 2.24) is 5.32 Å². The smallest absolute Gasteiger partial charge is 0.314 e. The molecule has 2 rings (SSSR count). The topological polar surface area (TPSA) is 12.0 Å². The Morgan fingerprint density at radius 3 is 2.62 bits per heavy atom. The van der Waals surface area contributed by atoms with Crippen LogP contribution in [-0.2, 0) is 12.6 Å². The van der Waals surface area contributed by atoms with Crippen LogP contribution in [-0.4, -0.2) is 12.6 Å². The van der Waals surface area contributed by atoms with Crippen molar-refractivity contribution >= 4 is 0 Å². The van der Waals surface area contributed by atoms with Crippen LogP contribution in [0.5, 0.6) is 0 Å². The van der Waals surface area contributed by atoms with Gasteiger partial charge in [0.15, 0.2) is 0 Å². The Morgan fingerprint density at radius 2 is 1.90 bits per heavy atom. The summed E-state index contributed by atoms with van der Waals surface area (Å²) in [7, 11) is 0. The first kappa shape index (κ1) is 16.3. The molecule has 0 bridgehead atoms. The van der Waals surface area contributed by atoms with Crippen LogP contribution in [0.4, 0.5) is 13.2 Å². The highest BCUT2D eigenvalue weighted by molar-refractivity contribution is 5.26. The molecule has 2 unspecified atom stereocenters. The van der Waals surface area contributed by atoms with Crippen LogP contribution >= 0.6 is 0 Å². The molecule has 4 heteroatoms. The van der Waals surface area contributed by atoms with Gasteiger partial charge in [-0.05, 0) is 43.4 Å². The van der Waals surface area contributed by atoms with Gasteiger partial charge in [0.1, 0.15) is 0 Å². The maximum Gasteiger partial charge on any atom is 0.416 e. The molecule has 1 aliphatic carbocycles. The highest BCUT2D eigenvalue weighted by Gasteiger charge is 2.31. The van der Waals surface area contributed by atoms with Gasteiger partial charge < -0.3 is 5.32 Å². The molecule has 0 aliphatic heterocycles. The molecule has 1 aliphatic rings. The van der Waals surface area contributed by atoms with Crippen molar-refractivity contribution in [3.05, 3.63) is 35.4 Å². The third-order valence-corrected chi connectivity index (χ3v) is 4.38. The van der Waals surface area contributed by atoms with Crippen LogP contribution in [0.3, 0.4) is 0 Å². The molecule has 0 saturated heterocycles. The van der Waals surface area contributed by atoms with Gasteiger partial charge in [-0.2, -0.15) is 13.2 Å². The van der Waals surface area contributed by atoms with E-state index in [-0.39, 0.29) is 0 Å². The fourth-order valence-electron chi connectivity index (χ4n) is 3.34. The van der Waals surface area contributed by atoms with E-state index < -0.39 is 11.7 Å². The normalized spacial score (nSPS) is 23.8. The summed E-state index contributed by atoms with van der Waals surface area (Å²) in [5.74, 6) is 0.441. The molecule has 0 radical (unpaired) electrons. The molecule has 0 spiro atoms. The Balaban J connectivity index is 2.11. The second-order valence-corrected chi connectivity index (χ2v) is 5.96. The molecule has 1 aromatic rings. The van der Waals surface area contributed by atoms with Crippen molar-refractivity contribution in [2.45, 2.75) is 57.7 Å². The van der Waals surface area contributed by atoms with Crippen molar-refractivity contribution in [2.75, 3.05) is 6.54 Å². The Morgan fingerprint density at radius 1 is 1.14 bits per heavy atom. The van der Waals surface area contributed by atoms with Crippen molar-refractivity contribution < 1.29 is 13.2 Å². The maximum atomic E-state index is 12.8. The van der Waals surface area contributed by atoms with Crippen molar-refractivity contribution in [3.63, 3.8) is 0 Å². The van der Waals surface area contributed by atoms with Crippen LogP contribution in [0.2, 0.25) is 0 Å². The number of alkyl halides is 3. The molecule has 1 fully saturated rings. The summed E-state index contributed by atoms with van der Waals surface area (Å²) in [4.78, 5) is 0. The van der Waals surface area contributed by atoms with Crippen LogP contribution in [0.25, 0.3) is 0 Å². The van der Waals surface area contributed by atoms with Gasteiger partial charge in [0, 0.05) is 6.04 Å². The van der Waals surface area contributed by atoms with Crippen LogP contribution in [0.1, 0.15) is 50.2 Å². The molecule has 21 heavy (non-hydrogen) atoms. The minimum atomic E-state index is -4.25. The second-order valence-electron chi connectivity index (χ2n) is 5.96. The van der Waals surface area contributed by atoms with Crippen molar-refractivity contribution in [1.29, 1.82) is 0 Å². The molecule has 1 N–H and O–H groups in total. The zero-order chi connectivity index (χ0) is 15.3. The fraction of sp³-hybridized carbons (Fsp3) is 0.647. The standard InChI is InChI=1S/C17H24F3N/c1-2-21-16-10-5-3-4-8-14(16)11-13-7-6-9-15(12-13)17(18,19)20/h6-7,9,12,14,16,21H,2-5,8,10-11H2,1H3. The lowest BCUT2D eigenvalue weighted by Gasteiger charge is -2.26. The minimum absolute atomic E-state index is 0.437. The van der Waals surface area contributed by atoms with E-state index in [1.807, 2.05) is 6.07 Å². The fourth-order valence-corrected chi connectivity index (χ4v) is 3.34. The molecular weight excluding hydrogens is 275 g/mol. The van der Waals surface area contributed by atoms with Crippen LogP contribution < -0.4 is 5.32 Å². The molecule has 0 heterocycles. The third-order valence-electron chi connectivity index (χ3n) is 4.38. The number of nitrogens with one attached hydrogen (secondary N) is 1. The Labute approximate surface area is 124 Å². The van der Waals surface area contributed by atoms with E-state index in [0.717, 1.165) is 37.4 Å². The molecule has 2 atom stereocenters. The first-order valence-electron chi connectivity index (χ1n) is 7.90. The van der Waals surface area contributed by atoms with E-state index in [1.54, 1.807) is 0 Å². The summed E-state index contributed by atoms with van der Waals surface area (Å²) >= 11 is 0. The highest BCUT2D eigenvalue weighted by atomic mass is 19.4. The van der Waals surface area contributed by atoms with E-state index in [4.69, 9.17) is 0 Å². The maximum absolute atomic E-state index is 12.8. The van der Waals surface area contributed by atoms with Gasteiger partial charge in [-0.1, -0.05) is 44.4 Å². The Bertz CT molecular complexity index is 442. The van der Waals surface area contributed by atoms with Gasteiger partial charge in [0.25, 0.3) is 0 Å². The average Bonchev–Trinajstić information content (AvgIpc) is 2.65. The number of benzene rings is 1. The average molecular weight is 299 g/mol. The molecule has 1 aromatic carbocycles. The third kappa shape index (κ3) is 4.73. The molecule has 118 valence electrons. The number of halogens is 3. The summed E-state index contributed by atoms with van der Waals surface area (Å²) in [6, 6.07) is 6.25.